The maximum atomic E-state index is 12.5. The fraction of sp³-hybridized carbons (Fsp3) is 0.235. The average molecular weight is 425 g/mol. The van der Waals surface area contributed by atoms with Crippen LogP contribution in [0.4, 0.5) is 11.4 Å². The van der Waals surface area contributed by atoms with Gasteiger partial charge in [-0.3, -0.25) is 9.52 Å². The highest BCUT2D eigenvalue weighted by molar-refractivity contribution is 9.10. The van der Waals surface area contributed by atoms with Gasteiger partial charge in [-0.05, 0) is 48.9 Å². The van der Waals surface area contributed by atoms with Gasteiger partial charge in [-0.1, -0.05) is 15.9 Å². The molecule has 0 bridgehead atoms. The number of rotatable bonds is 5. The Kier molecular flexibility index (Phi) is 5.01. The summed E-state index contributed by atoms with van der Waals surface area (Å²) in [6.07, 6.45) is 1.26. The van der Waals surface area contributed by atoms with Crippen LogP contribution >= 0.6 is 15.9 Å². The molecule has 1 aliphatic rings. The van der Waals surface area contributed by atoms with Crippen LogP contribution in [-0.2, 0) is 14.8 Å². The van der Waals surface area contributed by atoms with E-state index in [9.17, 15) is 13.2 Å². The Hall–Kier alpha value is -2.06. The number of amides is 1. The molecule has 0 radical (unpaired) electrons. The predicted octanol–water partition coefficient (Wildman–Crippen LogP) is 3.39. The van der Waals surface area contributed by atoms with E-state index in [4.69, 9.17) is 4.74 Å². The Labute approximate surface area is 155 Å². The SMILES string of the molecule is COc1ccc(NS(=O)(=O)c2ccc(Br)cc2)cc1N1CCCC1=O. The first-order valence-corrected chi connectivity index (χ1v) is 9.95. The van der Waals surface area contributed by atoms with Gasteiger partial charge in [0.05, 0.1) is 23.4 Å². The second kappa shape index (κ2) is 7.05. The topological polar surface area (TPSA) is 75.7 Å². The first-order chi connectivity index (χ1) is 11.9. The lowest BCUT2D eigenvalue weighted by Gasteiger charge is -2.20. The first kappa shape index (κ1) is 17.8. The maximum Gasteiger partial charge on any atom is 0.261 e. The molecule has 1 fully saturated rings. The van der Waals surface area contributed by atoms with Crippen LogP contribution in [0.25, 0.3) is 0 Å². The molecule has 0 spiro atoms. The van der Waals surface area contributed by atoms with Crippen molar-refractivity contribution in [3.63, 3.8) is 0 Å². The summed E-state index contributed by atoms with van der Waals surface area (Å²) in [6, 6.07) is 11.2. The number of anilines is 2. The molecule has 1 amide bonds. The Morgan fingerprint density at radius 1 is 1.16 bits per heavy atom. The molecule has 0 atom stereocenters. The molecule has 2 aromatic carbocycles. The Morgan fingerprint density at radius 3 is 2.48 bits per heavy atom. The number of hydrogen-bond acceptors (Lipinski definition) is 4. The normalized spacial score (nSPS) is 14.6. The van der Waals surface area contributed by atoms with Gasteiger partial charge >= 0.3 is 0 Å². The van der Waals surface area contributed by atoms with Crippen LogP contribution in [0.3, 0.4) is 0 Å². The van der Waals surface area contributed by atoms with E-state index in [-0.39, 0.29) is 10.8 Å². The summed E-state index contributed by atoms with van der Waals surface area (Å²) < 4.78 is 33.7. The van der Waals surface area contributed by atoms with Crippen molar-refractivity contribution >= 4 is 43.2 Å². The number of methoxy groups -OCH3 is 1. The average Bonchev–Trinajstić information content (AvgIpc) is 3.00. The van der Waals surface area contributed by atoms with Crippen LogP contribution in [0.2, 0.25) is 0 Å². The molecule has 1 saturated heterocycles. The third kappa shape index (κ3) is 3.80. The third-order valence-electron chi connectivity index (χ3n) is 3.92. The Balaban J connectivity index is 1.92. The van der Waals surface area contributed by atoms with Crippen molar-refractivity contribution < 1.29 is 17.9 Å². The number of sulfonamides is 1. The lowest BCUT2D eigenvalue weighted by molar-refractivity contribution is -0.117. The van der Waals surface area contributed by atoms with Crippen LogP contribution in [-0.4, -0.2) is 28.0 Å². The van der Waals surface area contributed by atoms with Crippen molar-refractivity contribution in [2.75, 3.05) is 23.3 Å². The zero-order chi connectivity index (χ0) is 18.0. The van der Waals surface area contributed by atoms with E-state index in [2.05, 4.69) is 20.7 Å². The molecule has 132 valence electrons. The van der Waals surface area contributed by atoms with Crippen molar-refractivity contribution in [3.8, 4) is 5.75 Å². The summed E-state index contributed by atoms with van der Waals surface area (Å²) in [6.45, 7) is 0.595. The number of benzene rings is 2. The standard InChI is InChI=1S/C17H17BrN2O4S/c1-24-16-9-6-13(11-15(16)20-10-2-3-17(20)21)19-25(22,23)14-7-4-12(18)5-8-14/h4-9,11,19H,2-3,10H2,1H3. The molecule has 1 N–H and O–H groups in total. The van der Waals surface area contributed by atoms with E-state index < -0.39 is 10.0 Å². The zero-order valence-electron chi connectivity index (χ0n) is 13.5. The number of ether oxygens (including phenoxy) is 1. The van der Waals surface area contributed by atoms with Gasteiger partial charge in [-0.2, -0.15) is 0 Å². The van der Waals surface area contributed by atoms with E-state index in [1.54, 1.807) is 35.2 Å². The summed E-state index contributed by atoms with van der Waals surface area (Å²) in [7, 11) is -2.20. The molecular weight excluding hydrogens is 408 g/mol. The molecule has 8 heteroatoms. The third-order valence-corrected chi connectivity index (χ3v) is 5.85. The van der Waals surface area contributed by atoms with Gasteiger partial charge < -0.3 is 9.64 Å². The van der Waals surface area contributed by atoms with Crippen LogP contribution in [0.15, 0.2) is 51.8 Å². The van der Waals surface area contributed by atoms with Gasteiger partial charge in [0, 0.05) is 17.4 Å². The smallest absolute Gasteiger partial charge is 0.261 e. The van der Waals surface area contributed by atoms with E-state index in [0.29, 0.717) is 30.1 Å². The molecule has 1 heterocycles. The minimum Gasteiger partial charge on any atom is -0.495 e. The lowest BCUT2D eigenvalue weighted by Crippen LogP contribution is -2.24. The fourth-order valence-electron chi connectivity index (χ4n) is 2.70. The Bertz CT molecular complexity index is 897. The predicted molar refractivity (Wildman–Crippen MR) is 99.5 cm³/mol. The monoisotopic (exact) mass is 424 g/mol. The van der Waals surface area contributed by atoms with E-state index in [0.717, 1.165) is 10.9 Å². The molecule has 0 aromatic heterocycles. The summed E-state index contributed by atoms with van der Waals surface area (Å²) in [5.41, 5.74) is 0.944. The van der Waals surface area contributed by atoms with E-state index >= 15 is 0 Å². The molecule has 0 aliphatic carbocycles. The molecule has 0 saturated carbocycles. The second-order valence-corrected chi connectivity index (χ2v) is 8.19. The number of carbonyl (C=O) groups excluding carboxylic acids is 1. The molecule has 0 unspecified atom stereocenters. The Morgan fingerprint density at radius 2 is 1.88 bits per heavy atom. The largest absolute Gasteiger partial charge is 0.495 e. The number of hydrogen-bond donors (Lipinski definition) is 1. The minimum atomic E-state index is -3.72. The molecular formula is C17H17BrN2O4S. The van der Waals surface area contributed by atoms with Crippen molar-refractivity contribution in [1.29, 1.82) is 0 Å². The van der Waals surface area contributed by atoms with Crippen LogP contribution in [0.5, 0.6) is 5.75 Å². The molecule has 6 nitrogen and oxygen atoms in total. The minimum absolute atomic E-state index is 0.00576. The van der Waals surface area contributed by atoms with Gasteiger partial charge in [0.25, 0.3) is 10.0 Å². The van der Waals surface area contributed by atoms with Crippen LogP contribution < -0.4 is 14.4 Å². The second-order valence-electron chi connectivity index (χ2n) is 5.59. The van der Waals surface area contributed by atoms with Gasteiger partial charge in [-0.25, -0.2) is 8.42 Å². The van der Waals surface area contributed by atoms with Crippen LogP contribution in [0, 0.1) is 0 Å². The van der Waals surface area contributed by atoms with Crippen molar-refractivity contribution in [2.24, 2.45) is 0 Å². The van der Waals surface area contributed by atoms with Gasteiger partial charge in [0.2, 0.25) is 5.91 Å². The highest BCUT2D eigenvalue weighted by atomic mass is 79.9. The van der Waals surface area contributed by atoms with Gasteiger partial charge in [0.15, 0.2) is 0 Å². The highest BCUT2D eigenvalue weighted by Crippen LogP contribution is 2.34. The van der Waals surface area contributed by atoms with E-state index in [1.807, 2.05) is 0 Å². The molecule has 25 heavy (non-hydrogen) atoms. The number of halogens is 1. The highest BCUT2D eigenvalue weighted by Gasteiger charge is 2.25. The molecule has 1 aliphatic heterocycles. The lowest BCUT2D eigenvalue weighted by atomic mass is 10.2. The summed E-state index contributed by atoms with van der Waals surface area (Å²) >= 11 is 3.28. The maximum absolute atomic E-state index is 12.5. The quantitative estimate of drug-likeness (QED) is 0.797. The van der Waals surface area contributed by atoms with Crippen LogP contribution in [0.1, 0.15) is 12.8 Å². The number of nitrogens with one attached hydrogen (secondary N) is 1. The van der Waals surface area contributed by atoms with Crippen molar-refractivity contribution in [2.45, 2.75) is 17.7 Å². The van der Waals surface area contributed by atoms with E-state index in [1.165, 1.54) is 19.2 Å². The van der Waals surface area contributed by atoms with Gasteiger partial charge in [0.1, 0.15) is 5.75 Å². The summed E-state index contributed by atoms with van der Waals surface area (Å²) in [5.74, 6) is 0.535. The molecule has 2 aromatic rings. The van der Waals surface area contributed by atoms with Crippen molar-refractivity contribution in [1.82, 2.24) is 0 Å². The first-order valence-electron chi connectivity index (χ1n) is 7.67. The van der Waals surface area contributed by atoms with Gasteiger partial charge in [-0.15, -0.1) is 0 Å². The molecule has 3 rings (SSSR count). The number of nitrogens with zero attached hydrogens (tertiary/aromatic N) is 1. The number of carbonyl (C=O) groups is 1. The fourth-order valence-corrected chi connectivity index (χ4v) is 4.01. The van der Waals surface area contributed by atoms with Crippen molar-refractivity contribution in [3.05, 3.63) is 46.9 Å². The summed E-state index contributed by atoms with van der Waals surface area (Å²) in [5, 5.41) is 0. The summed E-state index contributed by atoms with van der Waals surface area (Å²) in [4.78, 5) is 13.8. The zero-order valence-corrected chi connectivity index (χ0v) is 15.9.